The van der Waals surface area contributed by atoms with Crippen molar-refractivity contribution >= 4 is 0 Å². The number of piperidine rings is 1. The molecule has 0 aromatic carbocycles. The predicted molar refractivity (Wildman–Crippen MR) is 73.9 cm³/mol. The molecular formula is C15H24N2O. The average molecular weight is 248 g/mol. The summed E-state index contributed by atoms with van der Waals surface area (Å²) in [6.45, 7) is 7.43. The number of nitrogens with one attached hydrogen (secondary N) is 1. The fourth-order valence-corrected chi connectivity index (χ4v) is 2.34. The molecule has 1 aliphatic heterocycles. The van der Waals surface area contributed by atoms with Crippen molar-refractivity contribution in [2.24, 2.45) is 11.8 Å². The van der Waals surface area contributed by atoms with Crippen LogP contribution in [0.4, 0.5) is 0 Å². The lowest BCUT2D eigenvalue weighted by atomic mass is 10.0. The molecule has 3 heteroatoms. The zero-order valence-electron chi connectivity index (χ0n) is 11.5. The molecule has 18 heavy (non-hydrogen) atoms. The van der Waals surface area contributed by atoms with Crippen molar-refractivity contribution in [1.29, 1.82) is 0 Å². The van der Waals surface area contributed by atoms with Crippen molar-refractivity contribution < 1.29 is 4.74 Å². The molecule has 1 aliphatic rings. The lowest BCUT2D eigenvalue weighted by molar-refractivity contribution is 0.211. The summed E-state index contributed by atoms with van der Waals surface area (Å²) in [6.07, 6.45) is 3.54. The molecule has 1 N–H and O–H groups in total. The first-order valence-corrected chi connectivity index (χ1v) is 7.03. The first-order valence-electron chi connectivity index (χ1n) is 7.03. The molecule has 0 aliphatic carbocycles. The van der Waals surface area contributed by atoms with Gasteiger partial charge < -0.3 is 10.1 Å². The molecule has 0 saturated carbocycles. The van der Waals surface area contributed by atoms with Crippen LogP contribution in [-0.4, -0.2) is 24.7 Å². The van der Waals surface area contributed by atoms with Crippen molar-refractivity contribution in [1.82, 2.24) is 10.3 Å². The van der Waals surface area contributed by atoms with E-state index in [0.717, 1.165) is 37.7 Å². The monoisotopic (exact) mass is 248 g/mol. The first-order chi connectivity index (χ1) is 8.74. The average Bonchev–Trinajstić information content (AvgIpc) is 2.37. The van der Waals surface area contributed by atoms with Crippen molar-refractivity contribution in [3.05, 3.63) is 23.9 Å². The van der Waals surface area contributed by atoms with Gasteiger partial charge in [0.1, 0.15) is 0 Å². The second kappa shape index (κ2) is 6.74. The first kappa shape index (κ1) is 13.3. The Kier molecular flexibility index (Phi) is 5.00. The van der Waals surface area contributed by atoms with Gasteiger partial charge in [-0.1, -0.05) is 19.9 Å². The van der Waals surface area contributed by atoms with Crippen molar-refractivity contribution in [2.75, 3.05) is 19.7 Å². The van der Waals surface area contributed by atoms with Gasteiger partial charge in [0.25, 0.3) is 0 Å². The molecule has 1 saturated heterocycles. The molecular weight excluding hydrogens is 224 g/mol. The van der Waals surface area contributed by atoms with Gasteiger partial charge in [0.05, 0.1) is 6.61 Å². The van der Waals surface area contributed by atoms with E-state index in [0.29, 0.717) is 11.8 Å². The maximum atomic E-state index is 5.82. The number of aromatic nitrogens is 1. The maximum absolute atomic E-state index is 5.82. The van der Waals surface area contributed by atoms with Crippen molar-refractivity contribution in [2.45, 2.75) is 33.1 Å². The van der Waals surface area contributed by atoms with Gasteiger partial charge in [-0.3, -0.25) is 0 Å². The van der Waals surface area contributed by atoms with Gasteiger partial charge in [0.15, 0.2) is 0 Å². The largest absolute Gasteiger partial charge is 0.477 e. The van der Waals surface area contributed by atoms with E-state index in [1.165, 1.54) is 12.8 Å². The molecule has 2 rings (SSSR count). The summed E-state index contributed by atoms with van der Waals surface area (Å²) >= 11 is 0. The lowest BCUT2D eigenvalue weighted by Crippen LogP contribution is -2.33. The highest BCUT2D eigenvalue weighted by Crippen LogP contribution is 2.15. The van der Waals surface area contributed by atoms with E-state index in [2.05, 4.69) is 30.2 Å². The molecule has 3 nitrogen and oxygen atoms in total. The Balaban J connectivity index is 1.84. The Hall–Kier alpha value is -1.09. The van der Waals surface area contributed by atoms with E-state index in [9.17, 15) is 0 Å². The van der Waals surface area contributed by atoms with Gasteiger partial charge in [-0.2, -0.15) is 0 Å². The quantitative estimate of drug-likeness (QED) is 0.870. The van der Waals surface area contributed by atoms with E-state index in [-0.39, 0.29) is 0 Å². The number of ether oxygens (including phenoxy) is 1. The smallest absolute Gasteiger partial charge is 0.213 e. The van der Waals surface area contributed by atoms with Crippen LogP contribution in [0.15, 0.2) is 18.2 Å². The summed E-state index contributed by atoms with van der Waals surface area (Å²) in [5.74, 6) is 2.04. The highest BCUT2D eigenvalue weighted by atomic mass is 16.5. The summed E-state index contributed by atoms with van der Waals surface area (Å²) in [4.78, 5) is 4.55. The van der Waals surface area contributed by atoms with Crippen molar-refractivity contribution in [3.63, 3.8) is 0 Å². The minimum absolute atomic E-state index is 0.634. The van der Waals surface area contributed by atoms with E-state index < -0.39 is 0 Å². The van der Waals surface area contributed by atoms with Gasteiger partial charge in [-0.25, -0.2) is 4.98 Å². The number of hydrogen-bond donors (Lipinski definition) is 1. The molecule has 0 spiro atoms. The molecule has 1 atom stereocenters. The Morgan fingerprint density at radius 3 is 3.06 bits per heavy atom. The van der Waals surface area contributed by atoms with Gasteiger partial charge in [0.2, 0.25) is 5.88 Å². The molecule has 0 bridgehead atoms. The third kappa shape index (κ3) is 4.30. The number of pyridine rings is 1. The normalized spacial score (nSPS) is 20.1. The molecule has 100 valence electrons. The highest BCUT2D eigenvalue weighted by molar-refractivity contribution is 5.16. The van der Waals surface area contributed by atoms with Crippen molar-refractivity contribution in [3.8, 4) is 5.88 Å². The van der Waals surface area contributed by atoms with Crippen LogP contribution in [0.25, 0.3) is 0 Å². The van der Waals surface area contributed by atoms with E-state index in [1.807, 2.05) is 12.1 Å². The minimum Gasteiger partial charge on any atom is -0.477 e. The third-order valence-corrected chi connectivity index (χ3v) is 3.26. The fourth-order valence-electron chi connectivity index (χ4n) is 2.34. The molecule has 0 radical (unpaired) electrons. The van der Waals surface area contributed by atoms with Gasteiger partial charge in [-0.05, 0) is 37.8 Å². The SMILES string of the molecule is CC(C)Cc1cccc(OCC2CCCNC2)n1. The van der Waals surface area contributed by atoms with Crippen LogP contribution >= 0.6 is 0 Å². The fraction of sp³-hybridized carbons (Fsp3) is 0.667. The number of hydrogen-bond acceptors (Lipinski definition) is 3. The molecule has 1 aromatic heterocycles. The Bertz CT molecular complexity index is 359. The van der Waals surface area contributed by atoms with Crippen LogP contribution < -0.4 is 10.1 Å². The van der Waals surface area contributed by atoms with Crippen LogP contribution in [0.5, 0.6) is 5.88 Å². The van der Waals surface area contributed by atoms with Crippen LogP contribution in [0, 0.1) is 11.8 Å². The standard InChI is InChI=1S/C15H24N2O/c1-12(2)9-14-6-3-7-15(17-14)18-11-13-5-4-8-16-10-13/h3,6-7,12-13,16H,4-5,8-11H2,1-2H3. The summed E-state index contributed by atoms with van der Waals surface area (Å²) in [5.41, 5.74) is 1.13. The van der Waals surface area contributed by atoms with Gasteiger partial charge in [0, 0.05) is 24.2 Å². The van der Waals surface area contributed by atoms with Crippen LogP contribution in [0.3, 0.4) is 0 Å². The third-order valence-electron chi connectivity index (χ3n) is 3.26. The topological polar surface area (TPSA) is 34.1 Å². The highest BCUT2D eigenvalue weighted by Gasteiger charge is 2.13. The summed E-state index contributed by atoms with van der Waals surface area (Å²) < 4.78 is 5.82. The van der Waals surface area contributed by atoms with E-state index in [1.54, 1.807) is 0 Å². The van der Waals surface area contributed by atoms with E-state index >= 15 is 0 Å². The second-order valence-electron chi connectivity index (χ2n) is 5.59. The predicted octanol–water partition coefficient (Wildman–Crippen LogP) is 2.66. The molecule has 2 heterocycles. The Morgan fingerprint density at radius 2 is 2.33 bits per heavy atom. The summed E-state index contributed by atoms with van der Waals surface area (Å²) in [6, 6.07) is 6.08. The molecule has 0 amide bonds. The Labute approximate surface area is 110 Å². The van der Waals surface area contributed by atoms with Gasteiger partial charge >= 0.3 is 0 Å². The molecule has 1 fully saturated rings. The van der Waals surface area contributed by atoms with Crippen LogP contribution in [0.1, 0.15) is 32.4 Å². The maximum Gasteiger partial charge on any atom is 0.213 e. The van der Waals surface area contributed by atoms with Crippen LogP contribution in [-0.2, 0) is 6.42 Å². The second-order valence-corrected chi connectivity index (χ2v) is 5.59. The summed E-state index contributed by atoms with van der Waals surface area (Å²) in [7, 11) is 0. The number of nitrogens with zero attached hydrogens (tertiary/aromatic N) is 1. The number of rotatable bonds is 5. The summed E-state index contributed by atoms with van der Waals surface area (Å²) in [5, 5.41) is 3.41. The Morgan fingerprint density at radius 1 is 1.44 bits per heavy atom. The zero-order chi connectivity index (χ0) is 12.8. The molecule has 1 unspecified atom stereocenters. The molecule has 1 aromatic rings. The van der Waals surface area contributed by atoms with E-state index in [4.69, 9.17) is 4.74 Å². The minimum atomic E-state index is 0.634. The lowest BCUT2D eigenvalue weighted by Gasteiger charge is -2.22. The van der Waals surface area contributed by atoms with Gasteiger partial charge in [-0.15, -0.1) is 0 Å². The van der Waals surface area contributed by atoms with Crippen LogP contribution in [0.2, 0.25) is 0 Å². The zero-order valence-corrected chi connectivity index (χ0v) is 11.5.